The van der Waals surface area contributed by atoms with E-state index < -0.39 is 31.6 Å². The maximum Gasteiger partial charge on any atom is 0.278 e. The van der Waals surface area contributed by atoms with E-state index in [9.17, 15) is 29.4 Å². The number of hydrogen-bond acceptors (Lipinski definition) is 10. The number of amides is 2. The van der Waals surface area contributed by atoms with Crippen LogP contribution >= 0.6 is 0 Å². The summed E-state index contributed by atoms with van der Waals surface area (Å²) in [6.45, 7) is 18.9. The predicted molar refractivity (Wildman–Crippen MR) is 254 cm³/mol. The van der Waals surface area contributed by atoms with Crippen molar-refractivity contribution < 1.29 is 29.0 Å². The average molecular weight is 903 g/mol. The van der Waals surface area contributed by atoms with Gasteiger partial charge in [0.25, 0.3) is 11.8 Å². The molecule has 3 aromatic carbocycles. The third-order valence-electron chi connectivity index (χ3n) is 13.0. The summed E-state index contributed by atoms with van der Waals surface area (Å²) in [6, 6.07) is 28.0. The third kappa shape index (κ3) is 9.09. The Bertz CT molecular complexity index is 2610. The first-order valence-electron chi connectivity index (χ1n) is 22.3. The van der Waals surface area contributed by atoms with Crippen molar-refractivity contribution in [3.8, 4) is 11.5 Å². The molecule has 2 unspecified atom stereocenters. The minimum atomic E-state index is -2.00. The van der Waals surface area contributed by atoms with Gasteiger partial charge in [-0.2, -0.15) is 0 Å². The Balaban J connectivity index is 0.000000194. The Hall–Kier alpha value is -6.16. The van der Waals surface area contributed by atoms with Crippen molar-refractivity contribution in [3.05, 3.63) is 163 Å². The van der Waals surface area contributed by atoms with Gasteiger partial charge in [0.2, 0.25) is 10.9 Å². The number of nitrogens with zero attached hydrogens (tertiary/aromatic N) is 5. The van der Waals surface area contributed by atoms with E-state index in [4.69, 9.17) is 9.16 Å². The Morgan fingerprint density at radius 1 is 0.738 bits per heavy atom. The minimum absolute atomic E-state index is 0.0586. The second-order valence-corrected chi connectivity index (χ2v) is 23.7. The smallest absolute Gasteiger partial charge is 0.278 e. The molecule has 3 N–H and O–H groups in total. The van der Waals surface area contributed by atoms with Crippen LogP contribution in [0.3, 0.4) is 0 Å². The molecule has 2 aromatic heterocycles. The highest BCUT2D eigenvalue weighted by Crippen LogP contribution is 2.41. The van der Waals surface area contributed by atoms with E-state index in [1.807, 2.05) is 87.3 Å². The molecular formula is C50H62N6O8Si. The summed E-state index contributed by atoms with van der Waals surface area (Å²) in [7, 11) is -2.00. The molecule has 2 aliphatic heterocycles. The van der Waals surface area contributed by atoms with E-state index in [0.717, 1.165) is 29.5 Å². The molecule has 15 heteroatoms. The predicted octanol–water partition coefficient (Wildman–Crippen LogP) is 6.75. The number of aryl methyl sites for hydroxylation is 2. The molecule has 1 aliphatic carbocycles. The number of carbonyl (C=O) groups is 2. The first-order valence-corrected chi connectivity index (χ1v) is 25.2. The molecular weight excluding hydrogens is 841 g/mol. The monoisotopic (exact) mass is 902 g/mol. The number of ether oxygens (including phenoxy) is 1. The highest BCUT2D eigenvalue weighted by atomic mass is 28.4. The number of nitrogens with one attached hydrogen (secondary N) is 1. The second-order valence-electron chi connectivity index (χ2n) is 18.9. The van der Waals surface area contributed by atoms with Gasteiger partial charge in [-0.1, -0.05) is 99.6 Å². The number of aliphatic hydroxyl groups excluding tert-OH is 1. The van der Waals surface area contributed by atoms with Gasteiger partial charge < -0.3 is 34.6 Å². The summed E-state index contributed by atoms with van der Waals surface area (Å²) < 4.78 is 15.4. The van der Waals surface area contributed by atoms with Crippen molar-refractivity contribution in [3.63, 3.8) is 0 Å². The van der Waals surface area contributed by atoms with Crippen LogP contribution in [-0.2, 0) is 23.9 Å². The molecule has 0 bridgehead atoms. The molecule has 65 heavy (non-hydrogen) atoms. The molecule has 4 heterocycles. The van der Waals surface area contributed by atoms with Crippen molar-refractivity contribution in [1.29, 1.82) is 0 Å². The number of hydrogen-bond donors (Lipinski definition) is 3. The normalized spacial score (nSPS) is 17.4. The van der Waals surface area contributed by atoms with Crippen LogP contribution in [0.2, 0.25) is 18.1 Å². The van der Waals surface area contributed by atoms with Gasteiger partial charge in [-0.15, -0.1) is 0 Å². The zero-order valence-corrected chi connectivity index (χ0v) is 39.8. The molecule has 8 rings (SSSR count). The number of aromatic hydroxyl groups is 1. The molecule has 0 radical (unpaired) electrons. The van der Waals surface area contributed by atoms with E-state index in [0.29, 0.717) is 6.61 Å². The van der Waals surface area contributed by atoms with Crippen LogP contribution < -0.4 is 26.0 Å². The Labute approximate surface area is 381 Å². The van der Waals surface area contributed by atoms with E-state index in [1.165, 1.54) is 29.5 Å². The van der Waals surface area contributed by atoms with E-state index in [-0.39, 0.29) is 71.0 Å². The number of aliphatic hydroxyl groups is 1. The van der Waals surface area contributed by atoms with Crippen LogP contribution in [0.5, 0.6) is 11.5 Å². The molecule has 2 amide bonds. The van der Waals surface area contributed by atoms with Crippen LogP contribution in [0.25, 0.3) is 0 Å². The highest BCUT2D eigenvalue weighted by Gasteiger charge is 2.45. The van der Waals surface area contributed by atoms with Crippen LogP contribution in [0.1, 0.15) is 103 Å². The van der Waals surface area contributed by atoms with E-state index in [2.05, 4.69) is 63.6 Å². The molecule has 2 atom stereocenters. The topological polar surface area (TPSA) is 159 Å². The lowest BCUT2D eigenvalue weighted by atomic mass is 9.93. The maximum atomic E-state index is 13.6. The zero-order valence-electron chi connectivity index (χ0n) is 38.8. The Morgan fingerprint density at radius 2 is 1.29 bits per heavy atom. The lowest BCUT2D eigenvalue weighted by molar-refractivity contribution is 0.0327. The molecule has 0 saturated carbocycles. The second kappa shape index (κ2) is 18.7. The van der Waals surface area contributed by atoms with Gasteiger partial charge >= 0.3 is 0 Å². The number of fused-ring (bicyclic) bond motifs is 4. The molecule has 3 aliphatic rings. The number of rotatable bonds is 10. The van der Waals surface area contributed by atoms with Crippen molar-refractivity contribution in [1.82, 2.24) is 19.2 Å². The van der Waals surface area contributed by atoms with Gasteiger partial charge in [-0.05, 0) is 86.5 Å². The first kappa shape index (κ1) is 46.8. The van der Waals surface area contributed by atoms with E-state index >= 15 is 0 Å². The summed E-state index contributed by atoms with van der Waals surface area (Å²) in [6.07, 6.45) is 3.80. The van der Waals surface area contributed by atoms with Crippen molar-refractivity contribution in [2.75, 3.05) is 23.6 Å². The fourth-order valence-electron chi connectivity index (χ4n) is 8.66. The molecule has 5 aromatic rings. The van der Waals surface area contributed by atoms with Crippen molar-refractivity contribution in [2.45, 2.75) is 117 Å². The average Bonchev–Trinajstić information content (AvgIpc) is 3.43. The quantitative estimate of drug-likeness (QED) is 0.128. The van der Waals surface area contributed by atoms with Gasteiger partial charge in [0.1, 0.15) is 18.9 Å². The van der Waals surface area contributed by atoms with Gasteiger partial charge in [-0.3, -0.25) is 33.5 Å². The summed E-state index contributed by atoms with van der Waals surface area (Å²) in [4.78, 5) is 55.2. The maximum absolute atomic E-state index is 13.6. The van der Waals surface area contributed by atoms with Gasteiger partial charge in [0, 0.05) is 36.6 Å². The summed E-state index contributed by atoms with van der Waals surface area (Å²) >= 11 is 0. The van der Waals surface area contributed by atoms with Crippen molar-refractivity contribution >= 4 is 20.1 Å². The Morgan fingerprint density at radius 3 is 1.86 bits per heavy atom. The molecule has 14 nitrogen and oxygen atoms in total. The number of benzene rings is 3. The van der Waals surface area contributed by atoms with Crippen molar-refractivity contribution in [2.24, 2.45) is 0 Å². The van der Waals surface area contributed by atoms with Gasteiger partial charge in [0.05, 0.1) is 19.3 Å². The van der Waals surface area contributed by atoms with Gasteiger partial charge in [0.15, 0.2) is 31.2 Å². The number of pyridine rings is 2. The summed E-state index contributed by atoms with van der Waals surface area (Å²) in [5, 5.41) is 23.2. The number of carbonyl (C=O) groups excluding carboxylic acids is 2. The SMILES string of the molecule is CC(C)N1C(=O)c2c(O)c(=O)ccn2N(C2c3ccccc3CCc3ccccc32)C1CO.CC(C)N1C(=O)c2c(OCc3ccccc3)c(=O)ccn2NC1CO[Si](C)(C)C(C)(C)C. The largest absolute Gasteiger partial charge is 0.502 e. The minimum Gasteiger partial charge on any atom is -0.502 e. The standard InChI is InChI=1S/C26H27N3O4.C24H35N3O4Si/c1-16(2)28-22(15-30)29(27-14-13-21(31)25(32)24(27)26(28)33)23-19-9-5-3-7-17(19)11-12-18-8-4-6-10-20(18)23;1-17(2)27-20(16-31-32(6,7)24(3,4)5)25-26-14-13-19(28)22(21(26)23(27)29)30-15-18-11-9-8-10-12-18/h3-10,13-14,16,22-23,30,32H,11-12,15H2,1-2H3;8-14,17,20,25H,15-16H2,1-7H3. The molecule has 0 saturated heterocycles. The van der Waals surface area contributed by atoms with Crippen LogP contribution in [-0.4, -0.2) is 87.1 Å². The third-order valence-corrected chi connectivity index (χ3v) is 17.5. The highest BCUT2D eigenvalue weighted by molar-refractivity contribution is 6.74. The van der Waals surface area contributed by atoms with Crippen LogP contribution in [0.15, 0.2) is 113 Å². The lowest BCUT2D eigenvalue weighted by Gasteiger charge is -2.50. The zero-order chi connectivity index (χ0) is 47.0. The fourth-order valence-corrected chi connectivity index (χ4v) is 9.67. The molecule has 0 spiro atoms. The van der Waals surface area contributed by atoms with Crippen LogP contribution in [0, 0.1) is 0 Å². The Kier molecular flexibility index (Phi) is 13.5. The summed E-state index contributed by atoms with van der Waals surface area (Å²) in [5.41, 5.74) is 8.00. The van der Waals surface area contributed by atoms with Crippen LogP contribution in [0.4, 0.5) is 0 Å². The van der Waals surface area contributed by atoms with E-state index in [1.54, 1.807) is 25.3 Å². The fraction of sp³-hybridized carbons (Fsp3) is 0.400. The lowest BCUT2D eigenvalue weighted by Crippen LogP contribution is -2.65. The van der Waals surface area contributed by atoms with Gasteiger partial charge in [-0.25, -0.2) is 0 Å². The molecule has 0 fully saturated rings. The molecule has 344 valence electrons. The number of aromatic nitrogens is 2. The summed E-state index contributed by atoms with van der Waals surface area (Å²) in [5.74, 6) is -1.25. The first-order chi connectivity index (χ1) is 30.9.